The van der Waals surface area contributed by atoms with Crippen molar-refractivity contribution in [2.45, 2.75) is 32.1 Å². The van der Waals surface area contributed by atoms with E-state index in [0.29, 0.717) is 11.2 Å². The Balaban J connectivity index is 1.56. The Morgan fingerprint density at radius 2 is 1.88 bits per heavy atom. The number of fused-ring (bicyclic) bond motifs is 3. The number of furan rings is 1. The fraction of sp³-hybridized carbons (Fsp3) is 0.261. The molecule has 0 N–H and O–H groups in total. The quantitative estimate of drug-likeness (QED) is 0.422. The van der Waals surface area contributed by atoms with Gasteiger partial charge >= 0.3 is 0 Å². The lowest BCUT2D eigenvalue weighted by molar-refractivity contribution is 0.546. The number of benzene rings is 2. The number of pyridine rings is 1. The minimum absolute atomic E-state index is 0.322. The molecule has 5 rings (SSSR count). The van der Waals surface area contributed by atoms with Gasteiger partial charge in [-0.2, -0.15) is 0 Å². The van der Waals surface area contributed by atoms with E-state index in [1.807, 2.05) is 24.4 Å². The molecule has 0 aliphatic heterocycles. The molecule has 3 heteroatoms. The van der Waals surface area contributed by atoms with Crippen molar-refractivity contribution in [1.82, 2.24) is 4.98 Å². The minimum Gasteiger partial charge on any atom is -0.453 e. The first-order valence-electron chi connectivity index (χ1n) is 9.34. The molecule has 0 saturated heterocycles. The standard InChI is InChI=1S/C23H20FNO/c24-20-7-3-6-18-19-14-17(8-9-22(19)26-23(18)20)21-13-16(10-11-25-21)12-15-4-1-2-5-15/h3,6-11,13-15H,1-2,4-5,12H2. The maximum atomic E-state index is 14.0. The van der Waals surface area contributed by atoms with Crippen LogP contribution in [0.5, 0.6) is 0 Å². The highest BCUT2D eigenvalue weighted by atomic mass is 19.1. The first-order chi connectivity index (χ1) is 12.8. The average Bonchev–Trinajstić information content (AvgIpc) is 3.30. The van der Waals surface area contributed by atoms with Crippen LogP contribution >= 0.6 is 0 Å². The summed E-state index contributed by atoms with van der Waals surface area (Å²) in [7, 11) is 0. The van der Waals surface area contributed by atoms with E-state index in [1.165, 1.54) is 37.3 Å². The first kappa shape index (κ1) is 15.6. The molecular formula is C23H20FNO. The summed E-state index contributed by atoms with van der Waals surface area (Å²) in [6.45, 7) is 0. The van der Waals surface area contributed by atoms with Gasteiger partial charge in [-0.25, -0.2) is 4.39 Å². The largest absolute Gasteiger partial charge is 0.453 e. The van der Waals surface area contributed by atoms with Crippen LogP contribution < -0.4 is 0 Å². The molecule has 0 bridgehead atoms. The van der Waals surface area contributed by atoms with Gasteiger partial charge in [0.25, 0.3) is 0 Å². The zero-order valence-electron chi connectivity index (χ0n) is 14.5. The molecule has 1 saturated carbocycles. The first-order valence-corrected chi connectivity index (χ1v) is 9.34. The monoisotopic (exact) mass is 345 g/mol. The third-order valence-corrected chi connectivity index (χ3v) is 5.57. The van der Waals surface area contributed by atoms with E-state index in [0.717, 1.165) is 34.4 Å². The Morgan fingerprint density at radius 3 is 2.77 bits per heavy atom. The van der Waals surface area contributed by atoms with Gasteiger partial charge in [-0.05, 0) is 54.3 Å². The Bertz CT molecular complexity index is 1090. The smallest absolute Gasteiger partial charge is 0.171 e. The molecule has 0 spiro atoms. The van der Waals surface area contributed by atoms with Gasteiger partial charge in [0.15, 0.2) is 11.4 Å². The summed E-state index contributed by atoms with van der Waals surface area (Å²) < 4.78 is 19.7. The van der Waals surface area contributed by atoms with E-state index >= 15 is 0 Å². The molecule has 130 valence electrons. The van der Waals surface area contributed by atoms with Crippen LogP contribution in [-0.4, -0.2) is 4.98 Å². The van der Waals surface area contributed by atoms with Gasteiger partial charge in [-0.3, -0.25) is 4.98 Å². The van der Waals surface area contributed by atoms with E-state index in [1.54, 1.807) is 6.07 Å². The van der Waals surface area contributed by atoms with Crippen molar-refractivity contribution in [3.63, 3.8) is 0 Å². The highest BCUT2D eigenvalue weighted by molar-refractivity contribution is 6.06. The van der Waals surface area contributed by atoms with Crippen LogP contribution in [0.4, 0.5) is 4.39 Å². The van der Waals surface area contributed by atoms with Crippen molar-refractivity contribution < 1.29 is 8.81 Å². The lowest BCUT2D eigenvalue weighted by Gasteiger charge is -2.10. The second kappa shape index (κ2) is 6.24. The van der Waals surface area contributed by atoms with Crippen LogP contribution in [0.25, 0.3) is 33.2 Å². The Morgan fingerprint density at radius 1 is 1.00 bits per heavy atom. The summed E-state index contributed by atoms with van der Waals surface area (Å²) in [6, 6.07) is 15.4. The van der Waals surface area contributed by atoms with Crippen molar-refractivity contribution in [2.75, 3.05) is 0 Å². The summed E-state index contributed by atoms with van der Waals surface area (Å²) in [5.74, 6) is 0.491. The number of rotatable bonds is 3. The van der Waals surface area contributed by atoms with Crippen LogP contribution in [0.15, 0.2) is 59.1 Å². The predicted molar refractivity (Wildman–Crippen MR) is 103 cm³/mol. The van der Waals surface area contributed by atoms with E-state index in [-0.39, 0.29) is 5.82 Å². The molecule has 4 aromatic rings. The zero-order valence-corrected chi connectivity index (χ0v) is 14.5. The van der Waals surface area contributed by atoms with E-state index < -0.39 is 0 Å². The van der Waals surface area contributed by atoms with Crippen LogP contribution in [0, 0.1) is 11.7 Å². The van der Waals surface area contributed by atoms with Crippen LogP contribution in [0.1, 0.15) is 31.2 Å². The molecular weight excluding hydrogens is 325 g/mol. The normalized spacial score (nSPS) is 15.3. The van der Waals surface area contributed by atoms with Gasteiger partial charge in [0.2, 0.25) is 0 Å². The molecule has 1 fully saturated rings. The molecule has 2 nitrogen and oxygen atoms in total. The lowest BCUT2D eigenvalue weighted by atomic mass is 9.97. The zero-order chi connectivity index (χ0) is 17.5. The Labute approximate surface area is 151 Å². The van der Waals surface area contributed by atoms with E-state index in [9.17, 15) is 4.39 Å². The number of nitrogens with zero attached hydrogens (tertiary/aromatic N) is 1. The summed E-state index contributed by atoms with van der Waals surface area (Å²) in [5, 5.41) is 1.74. The fourth-order valence-electron chi connectivity index (χ4n) is 4.23. The second-order valence-electron chi connectivity index (χ2n) is 7.33. The van der Waals surface area contributed by atoms with E-state index in [4.69, 9.17) is 4.42 Å². The molecule has 1 aliphatic carbocycles. The topological polar surface area (TPSA) is 26.0 Å². The highest BCUT2D eigenvalue weighted by Crippen LogP contribution is 2.34. The van der Waals surface area contributed by atoms with Crippen molar-refractivity contribution >= 4 is 21.9 Å². The number of para-hydroxylation sites is 1. The molecule has 2 heterocycles. The van der Waals surface area contributed by atoms with Crippen LogP contribution in [-0.2, 0) is 6.42 Å². The van der Waals surface area contributed by atoms with Gasteiger partial charge < -0.3 is 4.42 Å². The molecule has 2 aromatic carbocycles. The predicted octanol–water partition coefficient (Wildman–Crippen LogP) is 6.52. The third-order valence-electron chi connectivity index (χ3n) is 5.57. The summed E-state index contributed by atoms with van der Waals surface area (Å²) in [4.78, 5) is 4.57. The number of aromatic nitrogens is 1. The number of hydrogen-bond acceptors (Lipinski definition) is 2. The second-order valence-corrected chi connectivity index (χ2v) is 7.33. The van der Waals surface area contributed by atoms with Crippen LogP contribution in [0.3, 0.4) is 0 Å². The minimum atomic E-state index is -0.322. The Kier molecular flexibility index (Phi) is 3.74. The summed E-state index contributed by atoms with van der Waals surface area (Å²) >= 11 is 0. The molecule has 0 radical (unpaired) electrons. The van der Waals surface area contributed by atoms with Crippen molar-refractivity contribution in [2.24, 2.45) is 5.92 Å². The van der Waals surface area contributed by atoms with E-state index in [2.05, 4.69) is 23.2 Å². The van der Waals surface area contributed by atoms with Crippen molar-refractivity contribution in [3.05, 3.63) is 66.1 Å². The van der Waals surface area contributed by atoms with Gasteiger partial charge in [-0.15, -0.1) is 0 Å². The third kappa shape index (κ3) is 2.68. The molecule has 0 unspecified atom stereocenters. The molecule has 0 atom stereocenters. The average molecular weight is 345 g/mol. The van der Waals surface area contributed by atoms with Gasteiger partial charge in [0.1, 0.15) is 5.58 Å². The van der Waals surface area contributed by atoms with Gasteiger partial charge in [0.05, 0.1) is 5.69 Å². The molecule has 26 heavy (non-hydrogen) atoms. The molecule has 0 amide bonds. The fourth-order valence-corrected chi connectivity index (χ4v) is 4.23. The summed E-state index contributed by atoms with van der Waals surface area (Å²) in [5.41, 5.74) is 4.38. The number of halogens is 1. The maximum Gasteiger partial charge on any atom is 0.171 e. The lowest BCUT2D eigenvalue weighted by Crippen LogP contribution is -1.99. The van der Waals surface area contributed by atoms with Crippen molar-refractivity contribution in [1.29, 1.82) is 0 Å². The van der Waals surface area contributed by atoms with Crippen molar-refractivity contribution in [3.8, 4) is 11.3 Å². The van der Waals surface area contributed by atoms with Gasteiger partial charge in [-0.1, -0.05) is 37.8 Å². The highest BCUT2D eigenvalue weighted by Gasteiger charge is 2.16. The molecule has 2 aromatic heterocycles. The SMILES string of the molecule is Fc1cccc2c1oc1ccc(-c3cc(CC4CCCC4)ccn3)cc12. The molecule has 1 aliphatic rings. The van der Waals surface area contributed by atoms with Crippen LogP contribution in [0.2, 0.25) is 0 Å². The van der Waals surface area contributed by atoms with Gasteiger partial charge in [0, 0.05) is 22.5 Å². The summed E-state index contributed by atoms with van der Waals surface area (Å²) in [6.07, 6.45) is 8.45. The number of hydrogen-bond donors (Lipinski definition) is 0. The Hall–Kier alpha value is -2.68. The maximum absolute atomic E-state index is 14.0.